The number of rotatable bonds is 5. The first-order valence-corrected chi connectivity index (χ1v) is 9.79. The van der Waals surface area contributed by atoms with Gasteiger partial charge in [-0.3, -0.25) is 9.59 Å². The van der Waals surface area contributed by atoms with Gasteiger partial charge in [0.2, 0.25) is 11.8 Å². The third kappa shape index (κ3) is 5.33. The molecule has 1 aliphatic carbocycles. The molecule has 0 atom stereocenters. The highest BCUT2D eigenvalue weighted by atomic mass is 35.5. The second kappa shape index (κ2) is 9.05. The normalized spacial score (nSPS) is 19.3. The quantitative estimate of drug-likeness (QED) is 0.784. The highest BCUT2D eigenvalue weighted by Gasteiger charge is 2.30. The Morgan fingerprint density at radius 3 is 2.15 bits per heavy atom. The molecule has 0 bridgehead atoms. The van der Waals surface area contributed by atoms with Gasteiger partial charge in [0.25, 0.3) is 0 Å². The van der Waals surface area contributed by atoms with Crippen LogP contribution in [0.4, 0.5) is 5.69 Å². The average Bonchev–Trinajstić information content (AvgIpc) is 2.69. The Morgan fingerprint density at radius 2 is 1.52 bits per heavy atom. The third-order valence-corrected chi connectivity index (χ3v) is 5.52. The van der Waals surface area contributed by atoms with E-state index in [9.17, 15) is 9.59 Å². The molecule has 27 heavy (non-hydrogen) atoms. The first-order valence-electron chi connectivity index (χ1n) is 9.41. The van der Waals surface area contributed by atoms with Crippen molar-refractivity contribution in [1.82, 2.24) is 5.32 Å². The Bertz CT molecular complexity index is 796. The van der Waals surface area contributed by atoms with Crippen molar-refractivity contribution >= 4 is 29.1 Å². The topological polar surface area (TPSA) is 58.2 Å². The van der Waals surface area contributed by atoms with Crippen LogP contribution in [0.3, 0.4) is 0 Å². The zero-order valence-corrected chi connectivity index (χ0v) is 16.3. The molecule has 5 heteroatoms. The van der Waals surface area contributed by atoms with Gasteiger partial charge in [-0.05, 0) is 50.3 Å². The van der Waals surface area contributed by atoms with E-state index in [4.69, 9.17) is 11.6 Å². The maximum Gasteiger partial charge on any atom is 0.227 e. The summed E-state index contributed by atoms with van der Waals surface area (Å²) in [7, 11) is 0. The van der Waals surface area contributed by atoms with E-state index in [1.807, 2.05) is 43.3 Å². The van der Waals surface area contributed by atoms with Crippen LogP contribution in [0.2, 0.25) is 5.02 Å². The summed E-state index contributed by atoms with van der Waals surface area (Å²) in [6.07, 6.45) is 2.92. The lowest BCUT2D eigenvalue weighted by atomic mass is 9.81. The van der Waals surface area contributed by atoms with Gasteiger partial charge in [-0.1, -0.05) is 53.6 Å². The lowest BCUT2D eigenvalue weighted by Crippen LogP contribution is -2.35. The molecular formula is C22H25ClN2O2. The minimum atomic E-state index is -0.0672. The summed E-state index contributed by atoms with van der Waals surface area (Å²) in [6, 6.07) is 15.4. The Labute approximate surface area is 165 Å². The minimum Gasteiger partial charge on any atom is -0.352 e. The monoisotopic (exact) mass is 384 g/mol. The van der Waals surface area contributed by atoms with Gasteiger partial charge >= 0.3 is 0 Å². The van der Waals surface area contributed by atoms with Crippen LogP contribution in [0, 0.1) is 18.8 Å². The number of amides is 2. The Hall–Kier alpha value is -2.33. The van der Waals surface area contributed by atoms with E-state index < -0.39 is 0 Å². The standard InChI is InChI=1S/C22H25ClN2O2/c1-15-6-8-16(9-7-15)14-24-21(26)17-10-12-18(13-11-17)22(27)25-20-5-3-2-4-19(20)23/h2-9,17-18H,10-14H2,1H3,(H,24,26)(H,25,27). The molecule has 0 unspecified atom stereocenters. The first kappa shape index (κ1) is 19.4. The van der Waals surface area contributed by atoms with Gasteiger partial charge in [0.15, 0.2) is 0 Å². The highest BCUT2D eigenvalue weighted by Crippen LogP contribution is 2.31. The molecule has 2 aromatic rings. The summed E-state index contributed by atoms with van der Waals surface area (Å²) in [5, 5.41) is 6.46. The number of anilines is 1. The summed E-state index contributed by atoms with van der Waals surface area (Å²) in [4.78, 5) is 24.9. The second-order valence-corrected chi connectivity index (χ2v) is 7.63. The second-order valence-electron chi connectivity index (χ2n) is 7.22. The lowest BCUT2D eigenvalue weighted by molar-refractivity contribution is -0.128. The van der Waals surface area contributed by atoms with Crippen molar-refractivity contribution in [1.29, 1.82) is 0 Å². The summed E-state index contributed by atoms with van der Waals surface area (Å²) < 4.78 is 0. The third-order valence-electron chi connectivity index (χ3n) is 5.19. The molecule has 1 fully saturated rings. The molecule has 0 spiro atoms. The van der Waals surface area contributed by atoms with Gasteiger partial charge in [-0.2, -0.15) is 0 Å². The van der Waals surface area contributed by atoms with E-state index in [0.29, 0.717) is 17.3 Å². The van der Waals surface area contributed by atoms with Gasteiger partial charge in [-0.15, -0.1) is 0 Å². The number of carbonyl (C=O) groups is 2. The number of para-hydroxylation sites is 1. The lowest BCUT2D eigenvalue weighted by Gasteiger charge is -2.27. The number of aryl methyl sites for hydroxylation is 1. The van der Waals surface area contributed by atoms with Crippen molar-refractivity contribution in [2.75, 3.05) is 5.32 Å². The van der Waals surface area contributed by atoms with Gasteiger partial charge in [0.1, 0.15) is 0 Å². The maximum absolute atomic E-state index is 12.5. The Balaban J connectivity index is 1.45. The van der Waals surface area contributed by atoms with Gasteiger partial charge < -0.3 is 10.6 Å². The van der Waals surface area contributed by atoms with Crippen LogP contribution in [0.15, 0.2) is 48.5 Å². The van der Waals surface area contributed by atoms with Gasteiger partial charge in [-0.25, -0.2) is 0 Å². The van der Waals surface area contributed by atoms with E-state index in [-0.39, 0.29) is 23.7 Å². The number of hydrogen-bond acceptors (Lipinski definition) is 2. The van der Waals surface area contributed by atoms with Crippen LogP contribution in [-0.4, -0.2) is 11.8 Å². The molecule has 1 aliphatic rings. The molecule has 2 amide bonds. The zero-order chi connectivity index (χ0) is 19.2. The summed E-state index contributed by atoms with van der Waals surface area (Å²) in [5.41, 5.74) is 2.95. The number of nitrogens with one attached hydrogen (secondary N) is 2. The summed E-state index contributed by atoms with van der Waals surface area (Å²) >= 11 is 6.10. The number of hydrogen-bond donors (Lipinski definition) is 2. The van der Waals surface area contributed by atoms with Crippen LogP contribution in [0.1, 0.15) is 36.8 Å². The van der Waals surface area contributed by atoms with Crippen molar-refractivity contribution < 1.29 is 9.59 Å². The zero-order valence-electron chi connectivity index (χ0n) is 15.5. The average molecular weight is 385 g/mol. The molecule has 2 N–H and O–H groups in total. The molecule has 1 saturated carbocycles. The van der Waals surface area contributed by atoms with Crippen molar-refractivity contribution in [2.24, 2.45) is 11.8 Å². The molecular weight excluding hydrogens is 360 g/mol. The van der Waals surface area contributed by atoms with E-state index in [1.54, 1.807) is 12.1 Å². The molecule has 0 aliphatic heterocycles. The smallest absolute Gasteiger partial charge is 0.227 e. The number of carbonyl (C=O) groups excluding carboxylic acids is 2. The van der Waals surface area contributed by atoms with Crippen LogP contribution >= 0.6 is 11.6 Å². The molecule has 0 aromatic heterocycles. The number of benzene rings is 2. The highest BCUT2D eigenvalue weighted by molar-refractivity contribution is 6.33. The maximum atomic E-state index is 12.5. The molecule has 142 valence electrons. The fourth-order valence-electron chi connectivity index (χ4n) is 3.45. The first-order chi connectivity index (χ1) is 13.0. The van der Waals surface area contributed by atoms with E-state index >= 15 is 0 Å². The Kier molecular flexibility index (Phi) is 6.51. The fourth-order valence-corrected chi connectivity index (χ4v) is 3.64. The predicted octanol–water partition coefficient (Wildman–Crippen LogP) is 4.71. The Morgan fingerprint density at radius 1 is 0.926 bits per heavy atom. The van der Waals surface area contributed by atoms with Crippen molar-refractivity contribution in [3.63, 3.8) is 0 Å². The van der Waals surface area contributed by atoms with E-state index in [2.05, 4.69) is 10.6 Å². The minimum absolute atomic E-state index is 0.0124. The molecule has 2 aromatic carbocycles. The number of halogens is 1. The van der Waals surface area contributed by atoms with E-state index in [1.165, 1.54) is 5.56 Å². The SMILES string of the molecule is Cc1ccc(CNC(=O)C2CCC(C(=O)Nc3ccccc3Cl)CC2)cc1. The largest absolute Gasteiger partial charge is 0.352 e. The molecule has 4 nitrogen and oxygen atoms in total. The van der Waals surface area contributed by atoms with E-state index in [0.717, 1.165) is 31.2 Å². The van der Waals surface area contributed by atoms with Gasteiger partial charge in [0.05, 0.1) is 10.7 Å². The van der Waals surface area contributed by atoms with Crippen LogP contribution in [-0.2, 0) is 16.1 Å². The van der Waals surface area contributed by atoms with Gasteiger partial charge in [0, 0.05) is 18.4 Å². The summed E-state index contributed by atoms with van der Waals surface area (Å²) in [5.74, 6) is -0.00983. The molecule has 0 saturated heterocycles. The molecule has 0 heterocycles. The van der Waals surface area contributed by atoms with Crippen LogP contribution in [0.5, 0.6) is 0 Å². The predicted molar refractivity (Wildman–Crippen MR) is 109 cm³/mol. The molecule has 0 radical (unpaired) electrons. The fraction of sp³-hybridized carbons (Fsp3) is 0.364. The van der Waals surface area contributed by atoms with Crippen molar-refractivity contribution in [3.8, 4) is 0 Å². The molecule has 3 rings (SSSR count). The van der Waals surface area contributed by atoms with Crippen molar-refractivity contribution in [3.05, 3.63) is 64.7 Å². The summed E-state index contributed by atoms with van der Waals surface area (Å²) in [6.45, 7) is 2.59. The van der Waals surface area contributed by atoms with Crippen molar-refractivity contribution in [2.45, 2.75) is 39.2 Å². The van der Waals surface area contributed by atoms with Crippen LogP contribution in [0.25, 0.3) is 0 Å². The van der Waals surface area contributed by atoms with Crippen LogP contribution < -0.4 is 10.6 Å².